The number of guanidine groups is 1. The number of anilines is 1. The maximum absolute atomic E-state index is 5.88. The molecular formula is C16H19N3. The fourth-order valence-electron chi connectivity index (χ4n) is 1.94. The number of para-hydroxylation sites is 1. The topological polar surface area (TPSA) is 50.4 Å². The largest absolute Gasteiger partial charge is 0.370 e. The number of hydrogen-bond acceptors (Lipinski definition) is 1. The van der Waals surface area contributed by atoms with Gasteiger partial charge in [0.2, 0.25) is 0 Å². The van der Waals surface area contributed by atoms with E-state index in [2.05, 4.69) is 35.4 Å². The minimum atomic E-state index is 0.442. The summed E-state index contributed by atoms with van der Waals surface area (Å²) in [6.45, 7) is 2.75. The Bertz CT molecular complexity index is 547. The van der Waals surface area contributed by atoms with Gasteiger partial charge in [-0.3, -0.25) is 0 Å². The molecule has 3 heteroatoms. The Labute approximate surface area is 114 Å². The van der Waals surface area contributed by atoms with Gasteiger partial charge in [0, 0.05) is 5.69 Å². The van der Waals surface area contributed by atoms with Crippen molar-refractivity contribution in [1.82, 2.24) is 0 Å². The zero-order valence-corrected chi connectivity index (χ0v) is 11.1. The lowest BCUT2D eigenvalue weighted by Crippen LogP contribution is -2.22. The number of aryl methyl sites for hydroxylation is 1. The molecule has 19 heavy (non-hydrogen) atoms. The van der Waals surface area contributed by atoms with E-state index < -0.39 is 0 Å². The standard InChI is InChI=1S/C16H19N3/c1-2-13-8-6-7-9-14(13)12-18-16(17)19-15-10-4-3-5-11-15/h3-11H,2,12H2,1H3,(H3,17,18,19). The predicted molar refractivity (Wildman–Crippen MR) is 81.2 cm³/mol. The molecule has 0 fully saturated rings. The van der Waals surface area contributed by atoms with Gasteiger partial charge in [0.25, 0.3) is 0 Å². The van der Waals surface area contributed by atoms with Crippen LogP contribution in [0.3, 0.4) is 0 Å². The third-order valence-electron chi connectivity index (χ3n) is 2.97. The van der Waals surface area contributed by atoms with E-state index in [-0.39, 0.29) is 0 Å². The van der Waals surface area contributed by atoms with Crippen LogP contribution in [-0.4, -0.2) is 5.96 Å². The van der Waals surface area contributed by atoms with E-state index in [1.165, 1.54) is 11.1 Å². The number of benzene rings is 2. The number of nitrogens with zero attached hydrogens (tertiary/aromatic N) is 1. The molecule has 0 atom stereocenters. The molecule has 0 amide bonds. The molecule has 0 saturated carbocycles. The van der Waals surface area contributed by atoms with Crippen LogP contribution in [0.15, 0.2) is 59.6 Å². The van der Waals surface area contributed by atoms with Crippen molar-refractivity contribution in [2.75, 3.05) is 5.32 Å². The second-order valence-corrected chi connectivity index (χ2v) is 4.31. The van der Waals surface area contributed by atoms with Gasteiger partial charge in [-0.15, -0.1) is 0 Å². The van der Waals surface area contributed by atoms with E-state index in [1.54, 1.807) is 0 Å². The van der Waals surface area contributed by atoms with Crippen LogP contribution in [0.2, 0.25) is 0 Å². The van der Waals surface area contributed by atoms with Crippen LogP contribution in [0.25, 0.3) is 0 Å². The van der Waals surface area contributed by atoms with Gasteiger partial charge in [-0.25, -0.2) is 4.99 Å². The molecule has 3 N–H and O–H groups in total. The second-order valence-electron chi connectivity index (χ2n) is 4.31. The smallest absolute Gasteiger partial charge is 0.193 e. The van der Waals surface area contributed by atoms with Crippen LogP contribution in [0.5, 0.6) is 0 Å². The predicted octanol–water partition coefficient (Wildman–Crippen LogP) is 3.18. The molecule has 0 bridgehead atoms. The van der Waals surface area contributed by atoms with Crippen molar-refractivity contribution in [3.8, 4) is 0 Å². The zero-order valence-electron chi connectivity index (χ0n) is 11.1. The summed E-state index contributed by atoms with van der Waals surface area (Å²) in [6.07, 6.45) is 1.01. The van der Waals surface area contributed by atoms with Gasteiger partial charge in [0.15, 0.2) is 5.96 Å². The Morgan fingerprint density at radius 2 is 1.63 bits per heavy atom. The highest BCUT2D eigenvalue weighted by molar-refractivity contribution is 5.92. The molecule has 0 aliphatic rings. The molecule has 0 heterocycles. The van der Waals surface area contributed by atoms with Crippen molar-refractivity contribution in [3.63, 3.8) is 0 Å². The zero-order chi connectivity index (χ0) is 13.5. The Morgan fingerprint density at radius 1 is 1.00 bits per heavy atom. The van der Waals surface area contributed by atoms with E-state index in [4.69, 9.17) is 5.73 Å². The van der Waals surface area contributed by atoms with Gasteiger partial charge in [-0.05, 0) is 29.7 Å². The van der Waals surface area contributed by atoms with Gasteiger partial charge in [0.1, 0.15) is 0 Å². The highest BCUT2D eigenvalue weighted by Crippen LogP contribution is 2.11. The van der Waals surface area contributed by atoms with Crippen molar-refractivity contribution in [1.29, 1.82) is 0 Å². The van der Waals surface area contributed by atoms with E-state index in [9.17, 15) is 0 Å². The maximum atomic E-state index is 5.88. The lowest BCUT2D eigenvalue weighted by Gasteiger charge is -2.07. The molecule has 2 rings (SSSR count). The number of hydrogen-bond donors (Lipinski definition) is 2. The molecule has 2 aromatic carbocycles. The third kappa shape index (κ3) is 3.85. The summed E-state index contributed by atoms with van der Waals surface area (Å²) < 4.78 is 0. The van der Waals surface area contributed by atoms with Crippen LogP contribution in [0, 0.1) is 0 Å². The van der Waals surface area contributed by atoms with Gasteiger partial charge < -0.3 is 11.1 Å². The van der Waals surface area contributed by atoms with Crippen LogP contribution >= 0.6 is 0 Å². The van der Waals surface area contributed by atoms with Gasteiger partial charge in [0.05, 0.1) is 6.54 Å². The van der Waals surface area contributed by atoms with Crippen molar-refractivity contribution < 1.29 is 0 Å². The fourth-order valence-corrected chi connectivity index (χ4v) is 1.94. The molecule has 0 aliphatic carbocycles. The summed E-state index contributed by atoms with van der Waals surface area (Å²) in [5.74, 6) is 0.442. The van der Waals surface area contributed by atoms with Crippen LogP contribution in [0.1, 0.15) is 18.1 Å². The summed E-state index contributed by atoms with van der Waals surface area (Å²) in [5, 5.41) is 3.08. The summed E-state index contributed by atoms with van der Waals surface area (Å²) in [4.78, 5) is 4.38. The lowest BCUT2D eigenvalue weighted by molar-refractivity contribution is 0.998. The molecule has 0 radical (unpaired) electrons. The minimum absolute atomic E-state index is 0.442. The molecule has 0 unspecified atom stereocenters. The Kier molecular flexibility index (Phi) is 4.56. The van der Waals surface area contributed by atoms with E-state index in [1.807, 2.05) is 36.4 Å². The van der Waals surface area contributed by atoms with Gasteiger partial charge in [-0.2, -0.15) is 0 Å². The molecule has 0 aromatic heterocycles. The van der Waals surface area contributed by atoms with Crippen LogP contribution < -0.4 is 11.1 Å². The average molecular weight is 253 g/mol. The lowest BCUT2D eigenvalue weighted by atomic mass is 10.1. The van der Waals surface area contributed by atoms with Crippen molar-refractivity contribution in [3.05, 3.63) is 65.7 Å². The Morgan fingerprint density at radius 3 is 2.32 bits per heavy atom. The average Bonchev–Trinajstić information content (AvgIpc) is 2.46. The van der Waals surface area contributed by atoms with E-state index in [0.717, 1.165) is 12.1 Å². The molecule has 0 spiro atoms. The molecule has 98 valence electrons. The normalized spacial score (nSPS) is 11.3. The highest BCUT2D eigenvalue weighted by Gasteiger charge is 1.99. The van der Waals surface area contributed by atoms with Crippen molar-refractivity contribution >= 4 is 11.6 Å². The number of aliphatic imine (C=N–C) groups is 1. The van der Waals surface area contributed by atoms with Gasteiger partial charge in [-0.1, -0.05) is 49.4 Å². The summed E-state index contributed by atoms with van der Waals surface area (Å²) >= 11 is 0. The van der Waals surface area contributed by atoms with Crippen molar-refractivity contribution in [2.24, 2.45) is 10.7 Å². The molecular weight excluding hydrogens is 234 g/mol. The molecule has 3 nitrogen and oxygen atoms in total. The fraction of sp³-hybridized carbons (Fsp3) is 0.188. The minimum Gasteiger partial charge on any atom is -0.370 e. The van der Waals surface area contributed by atoms with Crippen LogP contribution in [0.4, 0.5) is 5.69 Å². The number of rotatable bonds is 4. The summed E-state index contributed by atoms with van der Waals surface area (Å²) in [7, 11) is 0. The first-order chi connectivity index (χ1) is 9.29. The first kappa shape index (κ1) is 13.1. The first-order valence-electron chi connectivity index (χ1n) is 6.48. The van der Waals surface area contributed by atoms with Gasteiger partial charge >= 0.3 is 0 Å². The quantitative estimate of drug-likeness (QED) is 0.649. The Hall–Kier alpha value is -2.29. The van der Waals surface area contributed by atoms with E-state index in [0.29, 0.717) is 12.5 Å². The summed E-state index contributed by atoms with van der Waals surface area (Å²) in [5.41, 5.74) is 9.38. The number of nitrogens with one attached hydrogen (secondary N) is 1. The summed E-state index contributed by atoms with van der Waals surface area (Å²) in [6, 6.07) is 18.1. The second kappa shape index (κ2) is 6.59. The number of nitrogens with two attached hydrogens (primary N) is 1. The van der Waals surface area contributed by atoms with Crippen LogP contribution in [-0.2, 0) is 13.0 Å². The SMILES string of the molecule is CCc1ccccc1CN=C(N)Nc1ccccc1. The third-order valence-corrected chi connectivity index (χ3v) is 2.97. The Balaban J connectivity index is 2.02. The maximum Gasteiger partial charge on any atom is 0.193 e. The molecule has 2 aromatic rings. The van der Waals surface area contributed by atoms with Crippen molar-refractivity contribution in [2.45, 2.75) is 19.9 Å². The molecule has 0 saturated heterocycles. The molecule has 0 aliphatic heterocycles. The van der Waals surface area contributed by atoms with E-state index >= 15 is 0 Å². The first-order valence-corrected chi connectivity index (χ1v) is 6.48. The monoisotopic (exact) mass is 253 g/mol. The highest BCUT2D eigenvalue weighted by atomic mass is 15.1.